The van der Waals surface area contributed by atoms with Gasteiger partial charge in [-0.1, -0.05) is 36.4 Å². The summed E-state index contributed by atoms with van der Waals surface area (Å²) < 4.78 is 13.4. The monoisotopic (exact) mass is 355 g/mol. The maximum atomic E-state index is 13.4. The SMILES string of the molecule is CC(=O)C1(c2ccccc2)CCN(C(=O)Cc2ccc(O)c(F)c2)CC1. The largest absolute Gasteiger partial charge is 0.505 e. The van der Waals surface area contributed by atoms with Crippen molar-refractivity contribution in [1.82, 2.24) is 4.90 Å². The molecule has 1 heterocycles. The van der Waals surface area contributed by atoms with Crippen molar-refractivity contribution in [3.63, 3.8) is 0 Å². The minimum Gasteiger partial charge on any atom is -0.505 e. The number of carbonyl (C=O) groups is 2. The van der Waals surface area contributed by atoms with E-state index in [9.17, 15) is 19.1 Å². The van der Waals surface area contributed by atoms with Gasteiger partial charge in [0.05, 0.1) is 11.8 Å². The number of phenolic OH excluding ortho intramolecular Hbond substituents is 1. The van der Waals surface area contributed by atoms with Gasteiger partial charge in [0.2, 0.25) is 5.91 Å². The fraction of sp³-hybridized carbons (Fsp3) is 0.333. The lowest BCUT2D eigenvalue weighted by molar-refractivity contribution is -0.135. The summed E-state index contributed by atoms with van der Waals surface area (Å²) in [5, 5.41) is 9.24. The lowest BCUT2D eigenvalue weighted by atomic mass is 9.70. The minimum absolute atomic E-state index is 0.0790. The van der Waals surface area contributed by atoms with Gasteiger partial charge in [0.25, 0.3) is 0 Å². The van der Waals surface area contributed by atoms with Crippen LogP contribution in [0.4, 0.5) is 4.39 Å². The molecule has 0 aliphatic carbocycles. The van der Waals surface area contributed by atoms with E-state index in [0.29, 0.717) is 31.5 Å². The van der Waals surface area contributed by atoms with Crippen LogP contribution in [0.25, 0.3) is 0 Å². The molecule has 2 aromatic rings. The third-order valence-corrected chi connectivity index (χ3v) is 5.34. The number of hydrogen-bond donors (Lipinski definition) is 1. The van der Waals surface area contributed by atoms with E-state index in [1.807, 2.05) is 30.3 Å². The quantitative estimate of drug-likeness (QED) is 0.916. The van der Waals surface area contributed by atoms with Crippen molar-refractivity contribution in [2.24, 2.45) is 0 Å². The molecule has 26 heavy (non-hydrogen) atoms. The average molecular weight is 355 g/mol. The lowest BCUT2D eigenvalue weighted by Gasteiger charge is -2.40. The molecule has 5 heteroatoms. The molecule has 1 saturated heterocycles. The molecule has 0 bridgehead atoms. The van der Waals surface area contributed by atoms with Gasteiger partial charge in [-0.2, -0.15) is 0 Å². The molecule has 0 spiro atoms. The zero-order chi connectivity index (χ0) is 18.7. The van der Waals surface area contributed by atoms with E-state index in [-0.39, 0.29) is 18.1 Å². The highest BCUT2D eigenvalue weighted by molar-refractivity contribution is 5.88. The van der Waals surface area contributed by atoms with Gasteiger partial charge in [-0.25, -0.2) is 4.39 Å². The molecule has 1 aliphatic rings. The Balaban J connectivity index is 1.69. The van der Waals surface area contributed by atoms with Crippen LogP contribution in [0.3, 0.4) is 0 Å². The number of benzene rings is 2. The maximum Gasteiger partial charge on any atom is 0.226 e. The van der Waals surface area contributed by atoms with Crippen LogP contribution >= 0.6 is 0 Å². The van der Waals surface area contributed by atoms with Gasteiger partial charge < -0.3 is 10.0 Å². The van der Waals surface area contributed by atoms with Crippen LogP contribution in [0, 0.1) is 5.82 Å². The number of aromatic hydroxyl groups is 1. The summed E-state index contributed by atoms with van der Waals surface area (Å²) >= 11 is 0. The van der Waals surface area contributed by atoms with E-state index in [1.54, 1.807) is 17.9 Å². The number of carbonyl (C=O) groups excluding carboxylic acids is 2. The molecule has 2 aromatic carbocycles. The standard InChI is InChI=1S/C21H22FNO3/c1-15(24)21(17-5-3-2-4-6-17)9-11-23(12-10-21)20(26)14-16-7-8-19(25)18(22)13-16/h2-8,13,25H,9-12,14H2,1H3. The van der Waals surface area contributed by atoms with Crippen LogP contribution in [-0.2, 0) is 21.4 Å². The van der Waals surface area contributed by atoms with Crippen LogP contribution in [0.2, 0.25) is 0 Å². The lowest BCUT2D eigenvalue weighted by Crippen LogP contribution is -2.48. The van der Waals surface area contributed by atoms with Crippen LogP contribution in [-0.4, -0.2) is 34.8 Å². The number of likely N-dealkylation sites (tertiary alicyclic amines) is 1. The van der Waals surface area contributed by atoms with E-state index < -0.39 is 17.0 Å². The molecular formula is C21H22FNO3. The summed E-state index contributed by atoms with van der Waals surface area (Å²) in [6.07, 6.45) is 1.25. The third kappa shape index (κ3) is 3.47. The molecule has 0 saturated carbocycles. The van der Waals surface area contributed by atoms with Gasteiger partial charge >= 0.3 is 0 Å². The number of piperidine rings is 1. The van der Waals surface area contributed by atoms with Crippen molar-refractivity contribution in [3.05, 3.63) is 65.5 Å². The Bertz CT molecular complexity index is 811. The Morgan fingerprint density at radius 2 is 1.77 bits per heavy atom. The second kappa shape index (κ2) is 7.28. The van der Waals surface area contributed by atoms with Gasteiger partial charge in [-0.3, -0.25) is 9.59 Å². The van der Waals surface area contributed by atoms with Crippen LogP contribution in [0.5, 0.6) is 5.75 Å². The van der Waals surface area contributed by atoms with Gasteiger partial charge in [0.1, 0.15) is 5.78 Å². The Morgan fingerprint density at radius 3 is 2.35 bits per heavy atom. The fourth-order valence-electron chi connectivity index (χ4n) is 3.69. The number of nitrogens with zero attached hydrogens (tertiary/aromatic N) is 1. The molecule has 4 nitrogen and oxygen atoms in total. The second-order valence-electron chi connectivity index (χ2n) is 6.85. The smallest absolute Gasteiger partial charge is 0.226 e. The summed E-state index contributed by atoms with van der Waals surface area (Å²) in [7, 11) is 0. The van der Waals surface area contributed by atoms with Crippen molar-refractivity contribution in [2.45, 2.75) is 31.6 Å². The first kappa shape index (κ1) is 18.1. The molecule has 0 unspecified atom stereocenters. The third-order valence-electron chi connectivity index (χ3n) is 5.34. The van der Waals surface area contributed by atoms with Crippen molar-refractivity contribution in [3.8, 4) is 5.75 Å². The van der Waals surface area contributed by atoms with E-state index in [2.05, 4.69) is 0 Å². The molecule has 1 amide bonds. The molecule has 1 N–H and O–H groups in total. The van der Waals surface area contributed by atoms with Gasteiger partial charge in [0, 0.05) is 13.1 Å². The number of phenols is 1. The van der Waals surface area contributed by atoms with Crippen LogP contribution < -0.4 is 0 Å². The molecule has 0 aromatic heterocycles. The summed E-state index contributed by atoms with van der Waals surface area (Å²) in [5.41, 5.74) is 0.986. The predicted molar refractivity (Wildman–Crippen MR) is 96.4 cm³/mol. The van der Waals surface area contributed by atoms with Crippen molar-refractivity contribution >= 4 is 11.7 Å². The molecule has 136 valence electrons. The highest BCUT2D eigenvalue weighted by Gasteiger charge is 2.41. The molecule has 1 aliphatic heterocycles. The molecular weight excluding hydrogens is 333 g/mol. The summed E-state index contributed by atoms with van der Waals surface area (Å²) in [4.78, 5) is 26.7. The van der Waals surface area contributed by atoms with Gasteiger partial charge in [-0.15, -0.1) is 0 Å². The molecule has 0 radical (unpaired) electrons. The van der Waals surface area contributed by atoms with Crippen molar-refractivity contribution < 1.29 is 19.1 Å². The summed E-state index contributed by atoms with van der Waals surface area (Å²) in [5.74, 6) is -1.13. The van der Waals surface area contributed by atoms with E-state index in [4.69, 9.17) is 0 Å². The first-order valence-electron chi connectivity index (χ1n) is 8.74. The molecule has 3 rings (SSSR count). The van der Waals surface area contributed by atoms with Gasteiger partial charge in [-0.05, 0) is 43.0 Å². The topological polar surface area (TPSA) is 57.6 Å². The first-order chi connectivity index (χ1) is 12.4. The predicted octanol–water partition coefficient (Wildman–Crippen LogP) is 3.22. The normalized spacial score (nSPS) is 16.3. The summed E-state index contributed by atoms with van der Waals surface area (Å²) in [6.45, 7) is 2.60. The average Bonchev–Trinajstić information content (AvgIpc) is 2.65. The maximum absolute atomic E-state index is 13.4. The van der Waals surface area contributed by atoms with Crippen molar-refractivity contribution in [2.75, 3.05) is 13.1 Å². The summed E-state index contributed by atoms with van der Waals surface area (Å²) in [6, 6.07) is 13.7. The van der Waals surface area contributed by atoms with E-state index in [0.717, 1.165) is 5.56 Å². The van der Waals surface area contributed by atoms with Gasteiger partial charge in [0.15, 0.2) is 11.6 Å². The number of Topliss-reactive ketones (excluding diaryl/α,β-unsaturated/α-hetero) is 1. The molecule has 0 atom stereocenters. The Hall–Kier alpha value is -2.69. The Morgan fingerprint density at radius 1 is 1.12 bits per heavy atom. The highest BCUT2D eigenvalue weighted by Crippen LogP contribution is 2.36. The number of rotatable bonds is 4. The first-order valence-corrected chi connectivity index (χ1v) is 8.74. The Kier molecular flexibility index (Phi) is 5.07. The van der Waals surface area contributed by atoms with E-state index >= 15 is 0 Å². The van der Waals surface area contributed by atoms with E-state index in [1.165, 1.54) is 12.1 Å². The number of hydrogen-bond acceptors (Lipinski definition) is 3. The zero-order valence-corrected chi connectivity index (χ0v) is 14.7. The zero-order valence-electron chi connectivity index (χ0n) is 14.7. The Labute approximate surface area is 152 Å². The molecule has 1 fully saturated rings. The highest BCUT2D eigenvalue weighted by atomic mass is 19.1. The minimum atomic E-state index is -0.728. The fourth-order valence-corrected chi connectivity index (χ4v) is 3.69. The van der Waals surface area contributed by atoms with Crippen LogP contribution in [0.1, 0.15) is 30.9 Å². The number of amides is 1. The number of halogens is 1. The van der Waals surface area contributed by atoms with Crippen LogP contribution in [0.15, 0.2) is 48.5 Å². The number of ketones is 1. The van der Waals surface area contributed by atoms with Crippen molar-refractivity contribution in [1.29, 1.82) is 0 Å². The second-order valence-corrected chi connectivity index (χ2v) is 6.85.